The molecule has 0 radical (unpaired) electrons. The predicted molar refractivity (Wildman–Crippen MR) is 137 cm³/mol. The molecule has 34 heavy (non-hydrogen) atoms. The number of anilines is 1. The van der Waals surface area contributed by atoms with Crippen LogP contribution in [0.4, 0.5) is 5.69 Å². The van der Waals surface area contributed by atoms with Gasteiger partial charge in [0.1, 0.15) is 17.6 Å². The number of halogens is 1. The molecular formula is C27H23ClN4O2. The topological polar surface area (TPSA) is 68.9 Å². The van der Waals surface area contributed by atoms with Crippen LogP contribution in [0.1, 0.15) is 16.7 Å². The van der Waals surface area contributed by atoms with Gasteiger partial charge in [0.25, 0.3) is 5.56 Å². The molecule has 1 amide bonds. The van der Waals surface area contributed by atoms with Crippen molar-refractivity contribution in [2.45, 2.75) is 26.9 Å². The van der Waals surface area contributed by atoms with Crippen LogP contribution < -0.4 is 10.9 Å². The van der Waals surface area contributed by atoms with Gasteiger partial charge in [-0.2, -0.15) is 0 Å². The average Bonchev–Trinajstić information content (AvgIpc) is 3.12. The number of hydrogen-bond acceptors (Lipinski definition) is 3. The molecule has 2 aromatic heterocycles. The third-order valence-electron chi connectivity index (χ3n) is 5.93. The van der Waals surface area contributed by atoms with E-state index in [4.69, 9.17) is 11.6 Å². The number of hydrogen-bond donors (Lipinski definition) is 1. The highest BCUT2D eigenvalue weighted by atomic mass is 35.5. The van der Waals surface area contributed by atoms with Gasteiger partial charge in [-0.25, -0.2) is 4.98 Å². The number of nitrogens with zero attached hydrogens (tertiary/aromatic N) is 3. The average molecular weight is 471 g/mol. The molecule has 0 aliphatic heterocycles. The fourth-order valence-corrected chi connectivity index (χ4v) is 4.37. The van der Waals surface area contributed by atoms with E-state index in [1.165, 1.54) is 0 Å². The Labute approximate surface area is 201 Å². The second kappa shape index (κ2) is 8.80. The summed E-state index contributed by atoms with van der Waals surface area (Å²) in [5, 5.41) is 4.32. The Balaban J connectivity index is 1.59. The van der Waals surface area contributed by atoms with E-state index in [1.54, 1.807) is 21.5 Å². The zero-order valence-electron chi connectivity index (χ0n) is 18.9. The molecule has 0 fully saturated rings. The van der Waals surface area contributed by atoms with Gasteiger partial charge in [0, 0.05) is 16.1 Å². The summed E-state index contributed by atoms with van der Waals surface area (Å²) in [5.74, 6) is -0.253. The van der Waals surface area contributed by atoms with E-state index in [0.717, 1.165) is 27.6 Å². The maximum Gasteiger partial charge on any atom is 0.278 e. The minimum absolute atomic E-state index is 0.0270. The number of fused-ring (bicyclic) bond motifs is 3. The van der Waals surface area contributed by atoms with Crippen LogP contribution in [-0.4, -0.2) is 20.0 Å². The number of benzene rings is 3. The monoisotopic (exact) mass is 470 g/mol. The number of rotatable bonds is 5. The van der Waals surface area contributed by atoms with Crippen molar-refractivity contribution in [1.82, 2.24) is 14.1 Å². The van der Waals surface area contributed by atoms with Crippen LogP contribution in [0, 0.1) is 13.8 Å². The quantitative estimate of drug-likeness (QED) is 0.378. The zero-order valence-corrected chi connectivity index (χ0v) is 19.6. The van der Waals surface area contributed by atoms with E-state index >= 15 is 0 Å². The first kappa shape index (κ1) is 21.9. The van der Waals surface area contributed by atoms with E-state index in [-0.39, 0.29) is 18.0 Å². The highest BCUT2D eigenvalue weighted by Gasteiger charge is 2.19. The number of amides is 1. The highest BCUT2D eigenvalue weighted by Crippen LogP contribution is 2.27. The van der Waals surface area contributed by atoms with Crippen molar-refractivity contribution in [2.75, 3.05) is 5.32 Å². The van der Waals surface area contributed by atoms with Gasteiger partial charge < -0.3 is 9.88 Å². The molecule has 1 N–H and O–H groups in total. The van der Waals surface area contributed by atoms with Gasteiger partial charge in [-0.15, -0.1) is 0 Å². The second-order valence-corrected chi connectivity index (χ2v) is 8.89. The van der Waals surface area contributed by atoms with Gasteiger partial charge in [-0.05, 0) is 49.2 Å². The van der Waals surface area contributed by atoms with Gasteiger partial charge in [0.05, 0.1) is 18.4 Å². The Kier molecular flexibility index (Phi) is 5.67. The molecule has 5 rings (SSSR count). The molecule has 0 saturated heterocycles. The first-order chi connectivity index (χ1) is 16.4. The number of aryl methyl sites for hydroxylation is 2. The van der Waals surface area contributed by atoms with Crippen LogP contribution in [0.5, 0.6) is 0 Å². The number of aromatic nitrogens is 3. The van der Waals surface area contributed by atoms with E-state index in [1.807, 2.05) is 74.5 Å². The van der Waals surface area contributed by atoms with Crippen molar-refractivity contribution in [3.05, 3.63) is 105 Å². The summed E-state index contributed by atoms with van der Waals surface area (Å²) in [6.45, 7) is 4.27. The summed E-state index contributed by atoms with van der Waals surface area (Å²) >= 11 is 6.21. The Morgan fingerprint density at radius 3 is 2.59 bits per heavy atom. The maximum absolute atomic E-state index is 13.6. The summed E-state index contributed by atoms with van der Waals surface area (Å²) in [4.78, 5) is 31.2. The summed E-state index contributed by atoms with van der Waals surface area (Å²) in [6.07, 6.45) is 1.58. The molecule has 0 aliphatic carbocycles. The molecule has 5 aromatic rings. The summed E-state index contributed by atoms with van der Waals surface area (Å²) in [6, 6.07) is 21.0. The number of carbonyl (C=O) groups is 1. The van der Waals surface area contributed by atoms with Crippen LogP contribution in [0.25, 0.3) is 21.9 Å². The third kappa shape index (κ3) is 4.08. The molecule has 0 aliphatic rings. The lowest BCUT2D eigenvalue weighted by atomic mass is 10.1. The molecule has 0 spiro atoms. The second-order valence-electron chi connectivity index (χ2n) is 8.48. The fraction of sp³-hybridized carbons (Fsp3) is 0.148. The lowest BCUT2D eigenvalue weighted by Crippen LogP contribution is -2.25. The summed E-state index contributed by atoms with van der Waals surface area (Å²) in [7, 11) is 0. The first-order valence-electron chi connectivity index (χ1n) is 11.0. The Morgan fingerprint density at radius 2 is 1.82 bits per heavy atom. The van der Waals surface area contributed by atoms with Crippen molar-refractivity contribution in [1.29, 1.82) is 0 Å². The summed E-state index contributed by atoms with van der Waals surface area (Å²) < 4.78 is 3.34. The Hall–Kier alpha value is -3.90. The van der Waals surface area contributed by atoms with Crippen LogP contribution in [0.15, 0.2) is 77.9 Å². The van der Waals surface area contributed by atoms with Crippen molar-refractivity contribution in [3.8, 4) is 0 Å². The van der Waals surface area contributed by atoms with Gasteiger partial charge in [0.15, 0.2) is 0 Å². The Bertz CT molecular complexity index is 1600. The molecule has 2 heterocycles. The maximum atomic E-state index is 13.6. The standard InChI is InChI=1S/C27H23ClN4O2/c1-17-8-11-23-21(12-17)25-26(27(34)31(16-29-25)14-19-6-4-3-5-7-19)32(23)15-24(33)30-20-10-9-18(2)22(28)13-20/h3-13,16H,14-15H2,1-2H3,(H,30,33). The third-order valence-corrected chi connectivity index (χ3v) is 6.34. The molecule has 3 aromatic carbocycles. The predicted octanol–water partition coefficient (Wildman–Crippen LogP) is 5.31. The molecule has 0 bridgehead atoms. The van der Waals surface area contributed by atoms with Crippen LogP contribution in [-0.2, 0) is 17.9 Å². The lowest BCUT2D eigenvalue weighted by Gasteiger charge is -2.11. The number of carbonyl (C=O) groups excluding carboxylic acids is 1. The molecule has 6 nitrogen and oxygen atoms in total. The number of nitrogens with one attached hydrogen (secondary N) is 1. The SMILES string of the molecule is Cc1ccc2c(c1)c1ncn(Cc3ccccc3)c(=O)c1n2CC(=O)Nc1ccc(C)c(Cl)c1. The minimum Gasteiger partial charge on any atom is -0.325 e. The van der Waals surface area contributed by atoms with Crippen LogP contribution in [0.3, 0.4) is 0 Å². The molecule has 170 valence electrons. The van der Waals surface area contributed by atoms with Crippen LogP contribution in [0.2, 0.25) is 5.02 Å². The largest absolute Gasteiger partial charge is 0.325 e. The molecule has 0 saturated carbocycles. The molecular weight excluding hydrogens is 448 g/mol. The summed E-state index contributed by atoms with van der Waals surface area (Å²) in [5.41, 5.74) is 5.21. The highest BCUT2D eigenvalue weighted by molar-refractivity contribution is 6.31. The lowest BCUT2D eigenvalue weighted by molar-refractivity contribution is -0.116. The van der Waals surface area contributed by atoms with Gasteiger partial charge in [-0.1, -0.05) is 59.6 Å². The van der Waals surface area contributed by atoms with Gasteiger partial charge in [0.2, 0.25) is 5.91 Å². The smallest absolute Gasteiger partial charge is 0.278 e. The van der Waals surface area contributed by atoms with E-state index in [9.17, 15) is 9.59 Å². The van der Waals surface area contributed by atoms with Gasteiger partial charge in [-0.3, -0.25) is 14.2 Å². The first-order valence-corrected chi connectivity index (χ1v) is 11.4. The van der Waals surface area contributed by atoms with Crippen molar-refractivity contribution >= 4 is 45.1 Å². The van der Waals surface area contributed by atoms with Crippen molar-refractivity contribution in [2.24, 2.45) is 0 Å². The molecule has 0 atom stereocenters. The molecule has 7 heteroatoms. The normalized spacial score (nSPS) is 11.3. The van der Waals surface area contributed by atoms with Crippen molar-refractivity contribution in [3.63, 3.8) is 0 Å². The van der Waals surface area contributed by atoms with E-state index in [2.05, 4.69) is 10.3 Å². The van der Waals surface area contributed by atoms with E-state index < -0.39 is 0 Å². The fourth-order valence-electron chi connectivity index (χ4n) is 4.19. The van der Waals surface area contributed by atoms with Crippen molar-refractivity contribution < 1.29 is 4.79 Å². The van der Waals surface area contributed by atoms with Gasteiger partial charge >= 0.3 is 0 Å². The van der Waals surface area contributed by atoms with E-state index in [0.29, 0.717) is 28.3 Å². The zero-order chi connectivity index (χ0) is 23.8. The molecule has 0 unspecified atom stereocenters. The van der Waals surface area contributed by atoms with Crippen LogP contribution >= 0.6 is 11.6 Å². The minimum atomic E-state index is -0.253. The Morgan fingerprint density at radius 1 is 1.03 bits per heavy atom.